The van der Waals surface area contributed by atoms with Crippen molar-refractivity contribution in [1.29, 1.82) is 0 Å². The SMILES string of the molecule is COCC(NN)c1cnn2ccccc12. The topological polar surface area (TPSA) is 64.6 Å². The molecule has 0 aliphatic carbocycles. The smallest absolute Gasteiger partial charge is 0.0730 e. The van der Waals surface area contributed by atoms with Crippen molar-refractivity contribution in [3.05, 3.63) is 36.2 Å². The molecule has 5 heteroatoms. The molecule has 0 aromatic carbocycles. The van der Waals surface area contributed by atoms with Gasteiger partial charge in [-0.2, -0.15) is 5.10 Å². The van der Waals surface area contributed by atoms with Gasteiger partial charge < -0.3 is 4.74 Å². The second-order valence-corrected chi connectivity index (χ2v) is 3.30. The van der Waals surface area contributed by atoms with Crippen molar-refractivity contribution in [3.63, 3.8) is 0 Å². The van der Waals surface area contributed by atoms with E-state index in [1.807, 2.05) is 28.9 Å². The maximum atomic E-state index is 5.47. The van der Waals surface area contributed by atoms with Gasteiger partial charge in [0.15, 0.2) is 0 Å². The fraction of sp³-hybridized carbons (Fsp3) is 0.300. The van der Waals surface area contributed by atoms with Crippen molar-refractivity contribution in [2.45, 2.75) is 6.04 Å². The zero-order valence-electron chi connectivity index (χ0n) is 8.55. The van der Waals surface area contributed by atoms with E-state index in [1.165, 1.54) is 0 Å². The average Bonchev–Trinajstić information content (AvgIpc) is 2.70. The van der Waals surface area contributed by atoms with E-state index in [9.17, 15) is 0 Å². The Balaban J connectivity index is 2.41. The highest BCUT2D eigenvalue weighted by molar-refractivity contribution is 5.54. The minimum absolute atomic E-state index is 0.0325. The van der Waals surface area contributed by atoms with Gasteiger partial charge in [0.1, 0.15) is 0 Å². The minimum Gasteiger partial charge on any atom is -0.383 e. The Hall–Kier alpha value is -1.43. The fourth-order valence-electron chi connectivity index (χ4n) is 1.62. The molecule has 2 aromatic heterocycles. The summed E-state index contributed by atoms with van der Waals surface area (Å²) in [6.45, 7) is 0.521. The van der Waals surface area contributed by atoms with Gasteiger partial charge in [-0.05, 0) is 12.1 Å². The predicted molar refractivity (Wildman–Crippen MR) is 57.1 cm³/mol. The molecule has 0 saturated carbocycles. The van der Waals surface area contributed by atoms with E-state index < -0.39 is 0 Å². The first-order chi connectivity index (χ1) is 7.36. The van der Waals surface area contributed by atoms with E-state index in [-0.39, 0.29) is 6.04 Å². The van der Waals surface area contributed by atoms with Gasteiger partial charge in [-0.25, -0.2) is 4.52 Å². The van der Waals surface area contributed by atoms with Crippen LogP contribution in [0.25, 0.3) is 5.52 Å². The van der Waals surface area contributed by atoms with Crippen molar-refractivity contribution in [3.8, 4) is 0 Å². The number of hydrazine groups is 1. The molecule has 0 radical (unpaired) electrons. The number of nitrogens with one attached hydrogen (secondary N) is 1. The van der Waals surface area contributed by atoms with Gasteiger partial charge in [0.25, 0.3) is 0 Å². The summed E-state index contributed by atoms with van der Waals surface area (Å²) >= 11 is 0. The van der Waals surface area contributed by atoms with Crippen molar-refractivity contribution in [2.75, 3.05) is 13.7 Å². The molecule has 0 spiro atoms. The van der Waals surface area contributed by atoms with Crippen LogP contribution in [0.1, 0.15) is 11.6 Å². The number of hydrogen-bond acceptors (Lipinski definition) is 4. The van der Waals surface area contributed by atoms with Crippen LogP contribution in [-0.4, -0.2) is 23.3 Å². The second kappa shape index (κ2) is 4.39. The minimum atomic E-state index is -0.0325. The maximum absolute atomic E-state index is 5.47. The molecule has 5 nitrogen and oxygen atoms in total. The van der Waals surface area contributed by atoms with Crippen molar-refractivity contribution in [1.82, 2.24) is 15.0 Å². The lowest BCUT2D eigenvalue weighted by Crippen LogP contribution is -2.30. The number of nitrogens with zero attached hydrogens (tertiary/aromatic N) is 2. The molecule has 1 unspecified atom stereocenters. The van der Waals surface area contributed by atoms with Crippen molar-refractivity contribution < 1.29 is 4.74 Å². The largest absolute Gasteiger partial charge is 0.383 e. The summed E-state index contributed by atoms with van der Waals surface area (Å²) in [4.78, 5) is 0. The van der Waals surface area contributed by atoms with E-state index in [0.29, 0.717) is 6.61 Å². The van der Waals surface area contributed by atoms with Crippen LogP contribution in [0, 0.1) is 0 Å². The Bertz CT molecular complexity index is 440. The first-order valence-corrected chi connectivity index (χ1v) is 4.74. The molecule has 80 valence electrons. The number of rotatable bonds is 4. The van der Waals surface area contributed by atoms with Crippen LogP contribution in [0.5, 0.6) is 0 Å². The molecule has 0 amide bonds. The number of hydrogen-bond donors (Lipinski definition) is 2. The summed E-state index contributed by atoms with van der Waals surface area (Å²) in [6, 6.07) is 5.88. The highest BCUT2D eigenvalue weighted by atomic mass is 16.5. The lowest BCUT2D eigenvalue weighted by molar-refractivity contribution is 0.168. The highest BCUT2D eigenvalue weighted by Crippen LogP contribution is 2.18. The zero-order chi connectivity index (χ0) is 10.7. The van der Waals surface area contributed by atoms with Crippen LogP contribution in [-0.2, 0) is 4.74 Å². The summed E-state index contributed by atoms with van der Waals surface area (Å²) in [5.74, 6) is 5.47. The molecule has 0 bridgehead atoms. The Morgan fingerprint density at radius 1 is 1.60 bits per heavy atom. The molecule has 0 aliphatic rings. The quantitative estimate of drug-likeness (QED) is 0.564. The number of ether oxygens (including phenoxy) is 1. The molecule has 0 fully saturated rings. The van der Waals surface area contributed by atoms with Crippen LogP contribution in [0.2, 0.25) is 0 Å². The summed E-state index contributed by atoms with van der Waals surface area (Å²) in [6.07, 6.45) is 3.71. The summed E-state index contributed by atoms with van der Waals surface area (Å²) in [5.41, 5.74) is 4.80. The fourth-order valence-corrected chi connectivity index (χ4v) is 1.62. The standard InChI is InChI=1S/C10H14N4O/c1-15-7-9(13-11)8-6-12-14-5-3-2-4-10(8)14/h2-6,9,13H,7,11H2,1H3. The molecule has 15 heavy (non-hydrogen) atoms. The number of aromatic nitrogens is 2. The van der Waals surface area contributed by atoms with Gasteiger partial charge in [-0.15, -0.1) is 0 Å². The Labute approximate surface area is 87.8 Å². The number of methoxy groups -OCH3 is 1. The highest BCUT2D eigenvalue weighted by Gasteiger charge is 2.14. The third-order valence-corrected chi connectivity index (χ3v) is 2.37. The van der Waals surface area contributed by atoms with Crippen LogP contribution in [0.3, 0.4) is 0 Å². The summed E-state index contributed by atoms with van der Waals surface area (Å²) in [5, 5.41) is 4.24. The van der Waals surface area contributed by atoms with Crippen LogP contribution >= 0.6 is 0 Å². The van der Waals surface area contributed by atoms with Crippen molar-refractivity contribution >= 4 is 5.52 Å². The normalized spacial score (nSPS) is 13.2. The molecule has 2 rings (SSSR count). The van der Waals surface area contributed by atoms with E-state index in [0.717, 1.165) is 11.1 Å². The Morgan fingerprint density at radius 2 is 2.47 bits per heavy atom. The van der Waals surface area contributed by atoms with Gasteiger partial charge in [-0.3, -0.25) is 11.3 Å². The average molecular weight is 206 g/mol. The molecular weight excluding hydrogens is 192 g/mol. The molecule has 2 heterocycles. The number of fused-ring (bicyclic) bond motifs is 1. The lowest BCUT2D eigenvalue weighted by Gasteiger charge is -2.13. The maximum Gasteiger partial charge on any atom is 0.0730 e. The lowest BCUT2D eigenvalue weighted by atomic mass is 10.1. The predicted octanol–water partition coefficient (Wildman–Crippen LogP) is 0.485. The first-order valence-electron chi connectivity index (χ1n) is 4.74. The molecule has 1 atom stereocenters. The van der Waals surface area contributed by atoms with Gasteiger partial charge >= 0.3 is 0 Å². The number of nitrogens with two attached hydrogens (primary N) is 1. The van der Waals surface area contributed by atoms with E-state index in [2.05, 4.69) is 10.5 Å². The third-order valence-electron chi connectivity index (χ3n) is 2.37. The molecular formula is C10H14N4O. The van der Waals surface area contributed by atoms with E-state index in [4.69, 9.17) is 10.6 Å². The van der Waals surface area contributed by atoms with Crippen LogP contribution in [0.15, 0.2) is 30.6 Å². The van der Waals surface area contributed by atoms with Crippen molar-refractivity contribution in [2.24, 2.45) is 5.84 Å². The molecule has 0 aliphatic heterocycles. The third kappa shape index (κ3) is 1.85. The van der Waals surface area contributed by atoms with Gasteiger partial charge in [0.05, 0.1) is 24.4 Å². The van der Waals surface area contributed by atoms with Crippen LogP contribution < -0.4 is 11.3 Å². The first kappa shape index (κ1) is 10.1. The van der Waals surface area contributed by atoms with E-state index >= 15 is 0 Å². The Kier molecular flexibility index (Phi) is 2.96. The summed E-state index contributed by atoms with van der Waals surface area (Å²) in [7, 11) is 1.65. The van der Waals surface area contributed by atoms with Gasteiger partial charge in [0.2, 0.25) is 0 Å². The zero-order valence-corrected chi connectivity index (χ0v) is 8.55. The second-order valence-electron chi connectivity index (χ2n) is 3.30. The number of pyridine rings is 1. The van der Waals surface area contributed by atoms with Gasteiger partial charge in [0, 0.05) is 18.9 Å². The van der Waals surface area contributed by atoms with E-state index in [1.54, 1.807) is 13.3 Å². The molecule has 2 aromatic rings. The molecule has 3 N–H and O–H groups in total. The molecule has 0 saturated heterocycles. The van der Waals surface area contributed by atoms with Gasteiger partial charge in [-0.1, -0.05) is 6.07 Å². The van der Waals surface area contributed by atoms with Crippen LogP contribution in [0.4, 0.5) is 0 Å². The Morgan fingerprint density at radius 3 is 3.20 bits per heavy atom. The summed E-state index contributed by atoms with van der Waals surface area (Å²) < 4.78 is 6.90. The monoisotopic (exact) mass is 206 g/mol.